The van der Waals surface area contributed by atoms with E-state index in [9.17, 15) is 0 Å². The third-order valence-corrected chi connectivity index (χ3v) is 3.16. The first kappa shape index (κ1) is 12.5. The standard InChI is InChI=1S/C11H19N3.ClH/c1-10-13-7-9-14(10)8-4-11-2-5-12-6-3-11;/h7,9,11-12H,2-6,8H2,1H3;1H. The molecule has 0 amide bonds. The molecule has 1 aromatic heterocycles. The maximum Gasteiger partial charge on any atom is 0.105 e. The number of piperidine rings is 1. The van der Waals surface area contributed by atoms with Gasteiger partial charge in [-0.2, -0.15) is 0 Å². The Kier molecular flexibility index (Phi) is 5.12. The molecule has 0 atom stereocenters. The van der Waals surface area contributed by atoms with Gasteiger partial charge in [-0.05, 0) is 45.2 Å². The van der Waals surface area contributed by atoms with Crippen LogP contribution in [0.25, 0.3) is 0 Å². The lowest BCUT2D eigenvalue weighted by molar-refractivity contribution is 0.337. The summed E-state index contributed by atoms with van der Waals surface area (Å²) in [6, 6.07) is 0. The average Bonchev–Trinajstić information content (AvgIpc) is 2.63. The fourth-order valence-electron chi connectivity index (χ4n) is 2.13. The molecule has 1 aliphatic heterocycles. The molecule has 1 saturated heterocycles. The predicted molar refractivity (Wildman–Crippen MR) is 64.4 cm³/mol. The number of rotatable bonds is 3. The summed E-state index contributed by atoms with van der Waals surface area (Å²) in [5.74, 6) is 2.05. The van der Waals surface area contributed by atoms with Crippen LogP contribution in [-0.2, 0) is 6.54 Å². The molecule has 86 valence electrons. The first-order chi connectivity index (χ1) is 6.86. The Hall–Kier alpha value is -0.540. The minimum atomic E-state index is 0. The molecular formula is C11H20ClN3. The summed E-state index contributed by atoms with van der Waals surface area (Å²) in [5, 5.41) is 3.40. The van der Waals surface area contributed by atoms with Gasteiger partial charge >= 0.3 is 0 Å². The van der Waals surface area contributed by atoms with Gasteiger partial charge in [-0.25, -0.2) is 4.98 Å². The summed E-state index contributed by atoms with van der Waals surface area (Å²) in [4.78, 5) is 4.23. The average molecular weight is 230 g/mol. The molecule has 0 aromatic carbocycles. The van der Waals surface area contributed by atoms with Gasteiger partial charge in [0, 0.05) is 18.9 Å². The summed E-state index contributed by atoms with van der Waals surface area (Å²) in [7, 11) is 0. The quantitative estimate of drug-likeness (QED) is 0.860. The number of halogens is 1. The van der Waals surface area contributed by atoms with Gasteiger partial charge in [0.1, 0.15) is 5.82 Å². The van der Waals surface area contributed by atoms with Gasteiger partial charge in [-0.1, -0.05) is 0 Å². The Balaban J connectivity index is 0.00000112. The van der Waals surface area contributed by atoms with E-state index >= 15 is 0 Å². The van der Waals surface area contributed by atoms with Gasteiger partial charge < -0.3 is 9.88 Å². The third-order valence-electron chi connectivity index (χ3n) is 3.16. The normalized spacial score (nSPS) is 17.4. The number of aryl methyl sites for hydroxylation is 2. The van der Waals surface area contributed by atoms with E-state index in [2.05, 4.69) is 28.0 Å². The van der Waals surface area contributed by atoms with E-state index in [1.54, 1.807) is 0 Å². The molecule has 1 N–H and O–H groups in total. The highest BCUT2D eigenvalue weighted by Gasteiger charge is 2.12. The van der Waals surface area contributed by atoms with Crippen molar-refractivity contribution in [2.45, 2.75) is 32.7 Å². The molecule has 15 heavy (non-hydrogen) atoms. The van der Waals surface area contributed by atoms with Crippen molar-refractivity contribution in [3.8, 4) is 0 Å². The molecule has 1 aromatic rings. The van der Waals surface area contributed by atoms with Crippen LogP contribution in [0.5, 0.6) is 0 Å². The van der Waals surface area contributed by atoms with Crippen molar-refractivity contribution in [1.82, 2.24) is 14.9 Å². The second-order valence-electron chi connectivity index (χ2n) is 4.15. The summed E-state index contributed by atoms with van der Waals surface area (Å²) in [5.41, 5.74) is 0. The lowest BCUT2D eigenvalue weighted by Crippen LogP contribution is -2.28. The number of aromatic nitrogens is 2. The molecule has 0 aliphatic carbocycles. The summed E-state index contributed by atoms with van der Waals surface area (Å²) in [6.07, 6.45) is 7.95. The lowest BCUT2D eigenvalue weighted by Gasteiger charge is -2.22. The van der Waals surface area contributed by atoms with Crippen LogP contribution in [-0.4, -0.2) is 22.6 Å². The van der Waals surface area contributed by atoms with Crippen LogP contribution >= 0.6 is 12.4 Å². The topological polar surface area (TPSA) is 29.9 Å². The van der Waals surface area contributed by atoms with E-state index < -0.39 is 0 Å². The van der Waals surface area contributed by atoms with E-state index in [-0.39, 0.29) is 12.4 Å². The van der Waals surface area contributed by atoms with E-state index in [0.29, 0.717) is 0 Å². The minimum absolute atomic E-state index is 0. The molecule has 4 heteroatoms. The molecule has 1 fully saturated rings. The molecule has 2 heterocycles. The van der Waals surface area contributed by atoms with Gasteiger partial charge in [0.05, 0.1) is 0 Å². The van der Waals surface area contributed by atoms with Crippen LogP contribution in [0.15, 0.2) is 12.4 Å². The van der Waals surface area contributed by atoms with Crippen molar-refractivity contribution in [1.29, 1.82) is 0 Å². The smallest absolute Gasteiger partial charge is 0.105 e. The second kappa shape index (κ2) is 6.13. The van der Waals surface area contributed by atoms with Gasteiger partial charge in [0.15, 0.2) is 0 Å². The van der Waals surface area contributed by atoms with Gasteiger partial charge in [0.25, 0.3) is 0 Å². The first-order valence-corrected chi connectivity index (χ1v) is 5.55. The Morgan fingerprint density at radius 3 is 2.80 bits per heavy atom. The van der Waals surface area contributed by atoms with Crippen LogP contribution in [0.1, 0.15) is 25.1 Å². The number of hydrogen-bond donors (Lipinski definition) is 1. The van der Waals surface area contributed by atoms with Crippen molar-refractivity contribution in [2.24, 2.45) is 5.92 Å². The number of nitrogens with one attached hydrogen (secondary N) is 1. The first-order valence-electron chi connectivity index (χ1n) is 5.55. The van der Waals surface area contributed by atoms with Gasteiger partial charge in [-0.15, -0.1) is 12.4 Å². The van der Waals surface area contributed by atoms with Crippen LogP contribution in [0.2, 0.25) is 0 Å². The number of hydrogen-bond acceptors (Lipinski definition) is 2. The van der Waals surface area contributed by atoms with E-state index in [1.165, 1.54) is 32.4 Å². The zero-order valence-electron chi connectivity index (χ0n) is 9.28. The van der Waals surface area contributed by atoms with Crippen molar-refractivity contribution in [3.63, 3.8) is 0 Å². The van der Waals surface area contributed by atoms with E-state index in [4.69, 9.17) is 0 Å². The molecule has 0 saturated carbocycles. The second-order valence-corrected chi connectivity index (χ2v) is 4.15. The maximum atomic E-state index is 4.23. The predicted octanol–water partition coefficient (Wildman–Crippen LogP) is 2.00. The van der Waals surface area contributed by atoms with Crippen molar-refractivity contribution in [3.05, 3.63) is 18.2 Å². The molecule has 0 spiro atoms. The molecule has 1 aliphatic rings. The SMILES string of the molecule is Cc1nccn1CCC1CCNCC1.Cl. The fourth-order valence-corrected chi connectivity index (χ4v) is 2.13. The third kappa shape index (κ3) is 3.50. The van der Waals surface area contributed by atoms with Crippen LogP contribution in [0.4, 0.5) is 0 Å². The Bertz CT molecular complexity index is 279. The highest BCUT2D eigenvalue weighted by molar-refractivity contribution is 5.85. The van der Waals surface area contributed by atoms with E-state index in [1.807, 2.05) is 6.20 Å². The molecule has 0 radical (unpaired) electrons. The zero-order chi connectivity index (χ0) is 9.80. The van der Waals surface area contributed by atoms with E-state index in [0.717, 1.165) is 18.3 Å². The van der Waals surface area contributed by atoms with Crippen LogP contribution in [0.3, 0.4) is 0 Å². The van der Waals surface area contributed by atoms with Crippen molar-refractivity contribution < 1.29 is 0 Å². The fraction of sp³-hybridized carbons (Fsp3) is 0.727. The Labute approximate surface area is 97.7 Å². The molecule has 0 bridgehead atoms. The lowest BCUT2D eigenvalue weighted by atomic mass is 9.95. The number of nitrogens with zero attached hydrogens (tertiary/aromatic N) is 2. The van der Waals surface area contributed by atoms with Crippen LogP contribution in [0, 0.1) is 12.8 Å². The van der Waals surface area contributed by atoms with Crippen LogP contribution < -0.4 is 5.32 Å². The zero-order valence-corrected chi connectivity index (χ0v) is 10.1. The molecular weight excluding hydrogens is 210 g/mol. The van der Waals surface area contributed by atoms with Gasteiger partial charge in [-0.3, -0.25) is 0 Å². The Morgan fingerprint density at radius 1 is 1.47 bits per heavy atom. The maximum absolute atomic E-state index is 4.23. The highest BCUT2D eigenvalue weighted by Crippen LogP contribution is 2.16. The summed E-state index contributed by atoms with van der Waals surface area (Å²) < 4.78 is 2.25. The highest BCUT2D eigenvalue weighted by atomic mass is 35.5. The monoisotopic (exact) mass is 229 g/mol. The molecule has 0 unspecified atom stereocenters. The molecule has 2 rings (SSSR count). The minimum Gasteiger partial charge on any atom is -0.335 e. The largest absolute Gasteiger partial charge is 0.335 e. The Morgan fingerprint density at radius 2 is 2.20 bits per heavy atom. The summed E-state index contributed by atoms with van der Waals surface area (Å²) in [6.45, 7) is 5.61. The van der Waals surface area contributed by atoms with Gasteiger partial charge in [0.2, 0.25) is 0 Å². The summed E-state index contributed by atoms with van der Waals surface area (Å²) >= 11 is 0. The molecule has 3 nitrogen and oxygen atoms in total. The van der Waals surface area contributed by atoms with Crippen molar-refractivity contribution in [2.75, 3.05) is 13.1 Å². The van der Waals surface area contributed by atoms with Crippen molar-refractivity contribution >= 4 is 12.4 Å². The number of imidazole rings is 1.